The van der Waals surface area contributed by atoms with Gasteiger partial charge in [-0.1, -0.05) is 59.6 Å². The number of carbonyl (C=O) groups excluding carboxylic acids is 1. The van der Waals surface area contributed by atoms with E-state index in [0.29, 0.717) is 16.7 Å². The molecule has 9 heteroatoms. The average molecular weight is 522 g/mol. The molecule has 0 unspecified atom stereocenters. The lowest BCUT2D eigenvalue weighted by molar-refractivity contribution is -0.121. The van der Waals surface area contributed by atoms with Crippen molar-refractivity contribution in [2.75, 3.05) is 16.8 Å². The number of thiocarbonyl (C=S) groups is 1. The second-order valence-electron chi connectivity index (χ2n) is 7.75. The minimum absolute atomic E-state index is 0.186. The number of halogens is 1. The van der Waals surface area contributed by atoms with E-state index in [2.05, 4.69) is 16.2 Å². The van der Waals surface area contributed by atoms with Crippen LogP contribution in [0.2, 0.25) is 5.02 Å². The first-order valence-electron chi connectivity index (χ1n) is 10.9. The summed E-state index contributed by atoms with van der Waals surface area (Å²) in [5.41, 5.74) is 10.2. The molecule has 1 amide bonds. The highest BCUT2D eigenvalue weighted by atomic mass is 35.5. The van der Waals surface area contributed by atoms with E-state index in [9.17, 15) is 4.79 Å². The Morgan fingerprint density at radius 3 is 2.43 bits per heavy atom. The number of aryl methyl sites for hydroxylation is 1. The van der Waals surface area contributed by atoms with Gasteiger partial charge in [0.1, 0.15) is 0 Å². The fraction of sp³-hybridized carbons (Fsp3) is 0.115. The maximum Gasteiger partial charge on any atom is 0.240 e. The first-order valence-corrected chi connectivity index (χ1v) is 12.6. The molecular formula is C26H24ClN5OS2. The second kappa shape index (κ2) is 11.8. The normalized spacial score (nSPS) is 10.5. The Morgan fingerprint density at radius 2 is 1.71 bits per heavy atom. The van der Waals surface area contributed by atoms with Crippen LogP contribution in [0, 0.1) is 6.92 Å². The number of benzene rings is 3. The summed E-state index contributed by atoms with van der Waals surface area (Å²) in [6.45, 7) is 2.49. The number of hydrogen-bond donors (Lipinski definition) is 3. The Kier molecular flexibility index (Phi) is 8.31. The lowest BCUT2D eigenvalue weighted by atomic mass is 10.2. The Morgan fingerprint density at radius 1 is 1.00 bits per heavy atom. The van der Waals surface area contributed by atoms with Gasteiger partial charge in [-0.2, -0.15) is 0 Å². The van der Waals surface area contributed by atoms with Crippen molar-refractivity contribution in [1.82, 2.24) is 15.8 Å². The van der Waals surface area contributed by atoms with E-state index in [1.807, 2.05) is 96.1 Å². The minimum atomic E-state index is -0.186. The first kappa shape index (κ1) is 24.7. The van der Waals surface area contributed by atoms with E-state index in [1.54, 1.807) is 0 Å². The van der Waals surface area contributed by atoms with Crippen LogP contribution in [-0.4, -0.2) is 22.5 Å². The molecule has 0 bridgehead atoms. The van der Waals surface area contributed by atoms with Gasteiger partial charge in [0.05, 0.1) is 5.69 Å². The van der Waals surface area contributed by atoms with E-state index >= 15 is 0 Å². The van der Waals surface area contributed by atoms with E-state index in [-0.39, 0.29) is 12.3 Å². The topological polar surface area (TPSA) is 69.3 Å². The molecule has 0 saturated heterocycles. The van der Waals surface area contributed by atoms with Crippen LogP contribution in [0.1, 0.15) is 12.0 Å². The summed E-state index contributed by atoms with van der Waals surface area (Å²) < 4.78 is 0. The lowest BCUT2D eigenvalue weighted by Crippen LogP contribution is -2.44. The van der Waals surface area contributed by atoms with Gasteiger partial charge >= 0.3 is 0 Å². The van der Waals surface area contributed by atoms with E-state index in [1.165, 1.54) is 11.3 Å². The zero-order chi connectivity index (χ0) is 24.6. The van der Waals surface area contributed by atoms with Crippen LogP contribution in [0.5, 0.6) is 0 Å². The largest absolute Gasteiger partial charge is 0.331 e. The number of anilines is 3. The highest BCUT2D eigenvalue weighted by Gasteiger charge is 2.16. The number of aromatic nitrogens is 1. The summed E-state index contributed by atoms with van der Waals surface area (Å²) >= 11 is 12.8. The van der Waals surface area contributed by atoms with E-state index < -0.39 is 0 Å². The van der Waals surface area contributed by atoms with Crippen molar-refractivity contribution < 1.29 is 4.79 Å². The lowest BCUT2D eigenvalue weighted by Gasteiger charge is -2.22. The third kappa shape index (κ3) is 7.02. The predicted octanol–water partition coefficient (Wildman–Crippen LogP) is 6.32. The molecule has 1 aromatic heterocycles. The molecule has 0 aliphatic heterocycles. The SMILES string of the molecule is Cc1ccc(N(CCC(=O)NNC(=S)Nc2ccccc2)c2nc(-c3ccc(Cl)cc3)cs2)cc1. The number of nitrogens with one attached hydrogen (secondary N) is 3. The summed E-state index contributed by atoms with van der Waals surface area (Å²) in [7, 11) is 0. The van der Waals surface area contributed by atoms with Crippen molar-refractivity contribution in [3.63, 3.8) is 0 Å². The molecule has 6 nitrogen and oxygen atoms in total. The highest BCUT2D eigenvalue weighted by molar-refractivity contribution is 7.80. The van der Waals surface area contributed by atoms with Gasteiger partial charge in [-0.15, -0.1) is 11.3 Å². The molecule has 3 N–H and O–H groups in total. The van der Waals surface area contributed by atoms with Crippen molar-refractivity contribution in [3.8, 4) is 11.3 Å². The molecule has 35 heavy (non-hydrogen) atoms. The van der Waals surface area contributed by atoms with Gasteiger partial charge in [0.25, 0.3) is 0 Å². The van der Waals surface area contributed by atoms with Crippen LogP contribution in [-0.2, 0) is 4.79 Å². The standard InChI is InChI=1S/C26H24ClN5OS2/c1-18-7-13-22(14-8-18)32(26-29-23(17-35-26)19-9-11-20(27)12-10-19)16-15-24(33)30-31-25(34)28-21-5-3-2-4-6-21/h2-14,17H,15-16H2,1H3,(H,30,33)(H2,28,31,34). The average Bonchev–Trinajstić information content (AvgIpc) is 3.35. The van der Waals surface area contributed by atoms with E-state index in [4.69, 9.17) is 28.8 Å². The molecular weight excluding hydrogens is 498 g/mol. The summed E-state index contributed by atoms with van der Waals surface area (Å²) in [6, 6.07) is 25.3. The van der Waals surface area contributed by atoms with Gasteiger partial charge in [-0.05, 0) is 55.5 Å². The van der Waals surface area contributed by atoms with Gasteiger partial charge in [0.15, 0.2) is 10.2 Å². The molecule has 1 heterocycles. The maximum absolute atomic E-state index is 12.6. The number of nitrogens with zero attached hydrogens (tertiary/aromatic N) is 2. The number of thiazole rings is 1. The van der Waals surface area contributed by atoms with Crippen molar-refractivity contribution >= 4 is 62.7 Å². The van der Waals surface area contributed by atoms with Crippen molar-refractivity contribution in [2.45, 2.75) is 13.3 Å². The number of hydrazine groups is 1. The fourth-order valence-electron chi connectivity index (χ4n) is 3.29. The molecule has 0 radical (unpaired) electrons. The molecule has 0 fully saturated rings. The molecule has 0 aliphatic carbocycles. The molecule has 0 atom stereocenters. The predicted molar refractivity (Wildman–Crippen MR) is 149 cm³/mol. The van der Waals surface area contributed by atoms with Gasteiger partial charge in [-0.3, -0.25) is 15.6 Å². The Balaban J connectivity index is 1.41. The summed E-state index contributed by atoms with van der Waals surface area (Å²) in [4.78, 5) is 19.4. The molecule has 0 saturated carbocycles. The van der Waals surface area contributed by atoms with Gasteiger partial charge < -0.3 is 10.2 Å². The molecule has 0 spiro atoms. The zero-order valence-electron chi connectivity index (χ0n) is 19.0. The number of carbonyl (C=O) groups is 1. The Labute approximate surface area is 218 Å². The van der Waals surface area contributed by atoms with Crippen molar-refractivity contribution in [3.05, 3.63) is 94.8 Å². The minimum Gasteiger partial charge on any atom is -0.331 e. The second-order valence-corrected chi connectivity index (χ2v) is 9.43. The van der Waals surface area contributed by atoms with Crippen LogP contribution in [0.3, 0.4) is 0 Å². The summed E-state index contributed by atoms with van der Waals surface area (Å²) in [5, 5.41) is 6.83. The Bertz CT molecular complexity index is 1280. The van der Waals surface area contributed by atoms with Crippen LogP contribution < -0.4 is 21.1 Å². The number of rotatable bonds is 7. The van der Waals surface area contributed by atoms with Gasteiger partial charge in [0, 0.05) is 40.3 Å². The number of amides is 1. The van der Waals surface area contributed by atoms with Crippen LogP contribution >= 0.6 is 35.2 Å². The molecule has 3 aromatic carbocycles. The van der Waals surface area contributed by atoms with Crippen molar-refractivity contribution in [1.29, 1.82) is 0 Å². The monoisotopic (exact) mass is 521 g/mol. The molecule has 4 aromatic rings. The number of para-hydroxylation sites is 1. The number of hydrogen-bond acceptors (Lipinski definition) is 5. The third-order valence-electron chi connectivity index (χ3n) is 5.12. The van der Waals surface area contributed by atoms with Crippen molar-refractivity contribution in [2.24, 2.45) is 0 Å². The highest BCUT2D eigenvalue weighted by Crippen LogP contribution is 2.32. The van der Waals surface area contributed by atoms with Crippen LogP contribution in [0.15, 0.2) is 84.2 Å². The smallest absolute Gasteiger partial charge is 0.240 e. The van der Waals surface area contributed by atoms with E-state index in [0.717, 1.165) is 33.3 Å². The third-order valence-corrected chi connectivity index (χ3v) is 6.44. The molecule has 178 valence electrons. The molecule has 0 aliphatic rings. The molecule has 4 rings (SSSR count). The zero-order valence-corrected chi connectivity index (χ0v) is 21.4. The quantitative estimate of drug-likeness (QED) is 0.195. The van der Waals surface area contributed by atoms with Gasteiger partial charge in [-0.25, -0.2) is 4.98 Å². The first-order chi connectivity index (χ1) is 17.0. The van der Waals surface area contributed by atoms with Crippen LogP contribution in [0.25, 0.3) is 11.3 Å². The maximum atomic E-state index is 12.6. The fourth-order valence-corrected chi connectivity index (χ4v) is 4.46. The van der Waals surface area contributed by atoms with Crippen LogP contribution in [0.4, 0.5) is 16.5 Å². The Hall–Kier alpha value is -3.46. The summed E-state index contributed by atoms with van der Waals surface area (Å²) in [5.74, 6) is -0.186. The summed E-state index contributed by atoms with van der Waals surface area (Å²) in [6.07, 6.45) is 0.241. The van der Waals surface area contributed by atoms with Gasteiger partial charge in [0.2, 0.25) is 5.91 Å².